The molecule has 1 amide bonds. The van der Waals surface area contributed by atoms with Crippen LogP contribution in [0.3, 0.4) is 0 Å². The van der Waals surface area contributed by atoms with E-state index in [4.69, 9.17) is 68.4 Å². The number of benzene rings is 2. The lowest BCUT2D eigenvalue weighted by Gasteiger charge is -2.29. The van der Waals surface area contributed by atoms with Gasteiger partial charge in [0, 0.05) is 25.1 Å². The van der Waals surface area contributed by atoms with E-state index < -0.39 is 6.10 Å². The Kier molecular flexibility index (Phi) is 31.6. The van der Waals surface area contributed by atoms with E-state index in [9.17, 15) is 19.5 Å². The van der Waals surface area contributed by atoms with E-state index in [1.807, 2.05) is 41.9 Å². The third kappa shape index (κ3) is 24.5. The number of aliphatic hydroxyl groups is 1. The van der Waals surface area contributed by atoms with Crippen LogP contribution in [0.15, 0.2) is 58.8 Å². The highest BCUT2D eigenvalue weighted by atomic mass is 16.6. The molecule has 0 radical (unpaired) electrons. The Balaban J connectivity index is 0.680. The van der Waals surface area contributed by atoms with E-state index in [1.54, 1.807) is 6.07 Å². The Morgan fingerprint density at radius 1 is 0.750 bits per heavy atom. The monoisotopic (exact) mass is 1170 g/mol. The zero-order valence-corrected chi connectivity index (χ0v) is 49.2. The van der Waals surface area contributed by atoms with Gasteiger partial charge in [0.25, 0.3) is 12.5 Å². The van der Waals surface area contributed by atoms with Crippen LogP contribution in [0.25, 0.3) is 33.4 Å². The predicted octanol–water partition coefficient (Wildman–Crippen LogP) is 6.76. The molecule has 23 heteroatoms. The molecule has 464 valence electrons. The molecule has 84 heavy (non-hydrogen) atoms. The lowest BCUT2D eigenvalue weighted by Crippen LogP contribution is -2.24. The number of nitrogens with zero attached hydrogens (tertiary/aromatic N) is 5. The second kappa shape index (κ2) is 39.6. The van der Waals surface area contributed by atoms with E-state index in [2.05, 4.69) is 33.3 Å². The SMILES string of the molecule is C/C(=C\C(C)CCC(CCC1CCC(OCCOCCOCCOCCOCCOCCOCCOCCOCCCCc2cc(Cn3nc(-c4ccc5oc(N)nc5c4)c4c(N)ncnc43)ccc2CNC=O)CC1)OC=O)C(O)CC=O. The Morgan fingerprint density at radius 3 is 2.00 bits per heavy atom. The number of aryl methyl sites for hydroxylation is 1. The molecule has 0 saturated heterocycles. The van der Waals surface area contributed by atoms with Gasteiger partial charge in [0.05, 0.1) is 130 Å². The van der Waals surface area contributed by atoms with Crippen LogP contribution in [0.2, 0.25) is 0 Å². The van der Waals surface area contributed by atoms with Gasteiger partial charge in [-0.1, -0.05) is 31.2 Å². The average Bonchev–Trinajstić information content (AvgIpc) is 3.73. The maximum atomic E-state index is 11.2. The zero-order valence-electron chi connectivity index (χ0n) is 49.2. The number of aromatic nitrogens is 5. The van der Waals surface area contributed by atoms with Crippen molar-refractivity contribution in [2.75, 3.05) is 124 Å². The molecule has 0 aliphatic heterocycles. The van der Waals surface area contributed by atoms with Crippen LogP contribution in [-0.4, -0.2) is 180 Å². The molecular weight excluding hydrogens is 1080 g/mol. The summed E-state index contributed by atoms with van der Waals surface area (Å²) < 4.78 is 63.9. The number of ether oxygens (including phenoxy) is 10. The number of carbonyl (C=O) groups excluding carboxylic acids is 3. The number of nitrogen functional groups attached to an aromatic ring is 2. The number of nitrogens with one attached hydrogen (secondary N) is 1. The number of fused-ring (bicyclic) bond motifs is 2. The van der Waals surface area contributed by atoms with Crippen LogP contribution in [0.5, 0.6) is 0 Å². The van der Waals surface area contributed by atoms with Crippen molar-refractivity contribution in [1.29, 1.82) is 0 Å². The maximum Gasteiger partial charge on any atom is 0.293 e. The highest BCUT2D eigenvalue weighted by molar-refractivity contribution is 5.99. The zero-order chi connectivity index (χ0) is 59.4. The number of hydrogen-bond acceptors (Lipinski definition) is 21. The van der Waals surface area contributed by atoms with Crippen molar-refractivity contribution in [2.45, 2.75) is 122 Å². The van der Waals surface area contributed by atoms with E-state index in [1.165, 1.54) is 6.33 Å². The van der Waals surface area contributed by atoms with Gasteiger partial charge in [0.15, 0.2) is 11.2 Å². The second-order valence-corrected chi connectivity index (χ2v) is 21.0. The van der Waals surface area contributed by atoms with Crippen molar-refractivity contribution in [3.63, 3.8) is 0 Å². The molecule has 0 bridgehead atoms. The quantitative estimate of drug-likeness (QED) is 0.0178. The van der Waals surface area contributed by atoms with Crippen molar-refractivity contribution >= 4 is 53.1 Å². The van der Waals surface area contributed by atoms with Gasteiger partial charge in [0.1, 0.15) is 35.7 Å². The van der Waals surface area contributed by atoms with Gasteiger partial charge in [0.2, 0.25) is 6.41 Å². The summed E-state index contributed by atoms with van der Waals surface area (Å²) in [5.41, 5.74) is 19.4. The second-order valence-electron chi connectivity index (χ2n) is 21.0. The van der Waals surface area contributed by atoms with Gasteiger partial charge in [-0.25, -0.2) is 14.6 Å². The number of anilines is 2. The number of oxazole rings is 1. The summed E-state index contributed by atoms with van der Waals surface area (Å²) >= 11 is 0. The Hall–Kier alpha value is -5.99. The average molecular weight is 1180 g/mol. The van der Waals surface area contributed by atoms with Crippen LogP contribution >= 0.6 is 0 Å². The van der Waals surface area contributed by atoms with Gasteiger partial charge in [-0.3, -0.25) is 9.59 Å². The highest BCUT2D eigenvalue weighted by Crippen LogP contribution is 2.34. The van der Waals surface area contributed by atoms with Gasteiger partial charge in [-0.15, -0.1) is 0 Å². The first-order valence-corrected chi connectivity index (χ1v) is 29.7. The third-order valence-electron chi connectivity index (χ3n) is 14.7. The van der Waals surface area contributed by atoms with Gasteiger partial charge < -0.3 is 78.5 Å². The largest absolute Gasteiger partial charge is 0.465 e. The molecular formula is C61H90N8O15. The number of hydrogen-bond donors (Lipinski definition) is 4. The molecule has 23 nitrogen and oxygen atoms in total. The normalized spacial score (nSPS) is 15.8. The molecule has 3 unspecified atom stereocenters. The lowest BCUT2D eigenvalue weighted by molar-refractivity contribution is -0.134. The summed E-state index contributed by atoms with van der Waals surface area (Å²) in [7, 11) is 0. The van der Waals surface area contributed by atoms with Crippen molar-refractivity contribution in [2.24, 2.45) is 11.8 Å². The maximum absolute atomic E-state index is 11.2. The Labute approximate surface area is 493 Å². The van der Waals surface area contributed by atoms with Crippen molar-refractivity contribution in [3.8, 4) is 11.3 Å². The summed E-state index contributed by atoms with van der Waals surface area (Å²) in [4.78, 5) is 46.1. The molecule has 3 atom stereocenters. The molecule has 5 aromatic rings. The topological polar surface area (TPSA) is 297 Å². The van der Waals surface area contributed by atoms with E-state index >= 15 is 0 Å². The molecule has 6 rings (SSSR count). The molecule has 1 fully saturated rings. The number of carbonyl (C=O) groups is 3. The molecule has 6 N–H and O–H groups in total. The summed E-state index contributed by atoms with van der Waals surface area (Å²) in [5.74, 6) is 1.14. The number of rotatable bonds is 48. The molecule has 1 saturated carbocycles. The predicted molar refractivity (Wildman–Crippen MR) is 316 cm³/mol. The summed E-state index contributed by atoms with van der Waals surface area (Å²) in [6.07, 6.45) is 14.7. The fraction of sp³-hybridized carbons (Fsp3) is 0.623. The van der Waals surface area contributed by atoms with Crippen molar-refractivity contribution in [1.82, 2.24) is 30.0 Å². The highest BCUT2D eigenvalue weighted by Gasteiger charge is 2.24. The minimum Gasteiger partial charge on any atom is -0.465 e. The summed E-state index contributed by atoms with van der Waals surface area (Å²) in [5, 5.41) is 18.4. The van der Waals surface area contributed by atoms with Crippen LogP contribution in [-0.2, 0) is 81.3 Å². The number of nitrogens with two attached hydrogens (primary N) is 2. The Morgan fingerprint density at radius 2 is 1.38 bits per heavy atom. The summed E-state index contributed by atoms with van der Waals surface area (Å²) in [6, 6.07) is 11.9. The molecule has 3 aromatic heterocycles. The minimum absolute atomic E-state index is 0.0879. The first-order chi connectivity index (χ1) is 41.1. The van der Waals surface area contributed by atoms with E-state index in [0.29, 0.717) is 178 Å². The number of allylic oxidation sites excluding steroid dienone is 1. The first-order valence-electron chi connectivity index (χ1n) is 29.7. The molecule has 0 spiro atoms. The van der Waals surface area contributed by atoms with Crippen LogP contribution < -0.4 is 16.8 Å². The fourth-order valence-electron chi connectivity index (χ4n) is 10.1. The lowest BCUT2D eigenvalue weighted by atomic mass is 9.83. The molecule has 3 heterocycles. The fourth-order valence-corrected chi connectivity index (χ4v) is 10.1. The number of amides is 1. The molecule has 1 aliphatic rings. The number of aliphatic hydroxyl groups excluding tert-OH is 1. The van der Waals surface area contributed by atoms with Crippen molar-refractivity contribution < 1.29 is 71.3 Å². The summed E-state index contributed by atoms with van der Waals surface area (Å²) in [6.45, 7) is 13.7. The third-order valence-corrected chi connectivity index (χ3v) is 14.7. The molecule has 2 aromatic carbocycles. The number of unbranched alkanes of at least 4 members (excludes halogenated alkanes) is 1. The van der Waals surface area contributed by atoms with Crippen LogP contribution in [0.1, 0.15) is 101 Å². The Bertz CT molecular complexity index is 2680. The first kappa shape index (κ1) is 67.1. The minimum atomic E-state index is -0.738. The van der Waals surface area contributed by atoms with Gasteiger partial charge >= 0.3 is 0 Å². The smallest absolute Gasteiger partial charge is 0.293 e. The number of aldehydes is 1. The molecule has 1 aliphatic carbocycles. The van der Waals surface area contributed by atoms with E-state index in [-0.39, 0.29) is 30.6 Å². The van der Waals surface area contributed by atoms with Crippen LogP contribution in [0.4, 0.5) is 11.8 Å². The van der Waals surface area contributed by atoms with Crippen LogP contribution in [0, 0.1) is 11.8 Å². The van der Waals surface area contributed by atoms with Gasteiger partial charge in [-0.05, 0) is 130 Å². The van der Waals surface area contributed by atoms with Gasteiger partial charge in [-0.2, -0.15) is 10.1 Å². The standard InChI is InChI=1S/C61H90N8O15/c1-45(37-46(2)55(73)18-19-70)6-13-53(83-44-72)16-10-47-8-14-52(15-9-47)82-36-35-81-34-33-80-32-31-79-30-29-78-28-27-77-26-25-76-24-23-75-22-21-74-20-4-3-5-49-38-48(7-11-51(49)40-64-43-71)41-69-60-57(59(62)65-42-66-60)58(68-69)50-12-17-56-54(39-50)67-61(63)84-56/h7,11-12,17,19,37-39,42-45,47,52-53,55,73H,3-6,8-10,13-16,18,20-36,40-41H2,1-2H3,(H2,63,67)(H,64,71)(H2,62,65,66)/b46-37+. The van der Waals surface area contributed by atoms with Crippen molar-refractivity contribution in [3.05, 3.63) is 71.1 Å². The van der Waals surface area contributed by atoms with E-state index in [0.717, 1.165) is 105 Å².